The zero-order valence-corrected chi connectivity index (χ0v) is 6.55. The number of fused-ring (bicyclic) bond motifs is 1. The number of alkyl halides is 1. The van der Waals surface area contributed by atoms with Gasteiger partial charge in [0.2, 0.25) is 0 Å². The zero-order chi connectivity index (χ0) is 7.84. The number of hydrogen-bond acceptors (Lipinski definition) is 1. The fourth-order valence-electron chi connectivity index (χ4n) is 1.79. The van der Waals surface area contributed by atoms with Crippen LogP contribution in [0.25, 0.3) is 0 Å². The van der Waals surface area contributed by atoms with E-state index in [1.807, 2.05) is 12.2 Å². The van der Waals surface area contributed by atoms with E-state index in [2.05, 4.69) is 12.1 Å². The average molecular weight is 151 g/mol. The molecule has 1 N–H and O–H groups in total. The first-order valence-electron chi connectivity index (χ1n) is 4.05. The van der Waals surface area contributed by atoms with Crippen LogP contribution >= 0.6 is 0 Å². The molecule has 3 heteroatoms. The Morgan fingerprint density at radius 2 is 2.55 bits per heavy atom. The van der Waals surface area contributed by atoms with E-state index in [1.54, 1.807) is 6.08 Å². The van der Waals surface area contributed by atoms with E-state index in [9.17, 15) is 4.39 Å². The molecular weight excluding hydrogens is 140 g/mol. The third-order valence-electron chi connectivity index (χ3n) is 2.47. The molecule has 0 aromatic carbocycles. The van der Waals surface area contributed by atoms with E-state index in [-0.39, 0.29) is 6.04 Å². The summed E-state index contributed by atoms with van der Waals surface area (Å²) in [5, 5.41) is 3.16. The van der Waals surface area contributed by atoms with Crippen LogP contribution in [0.4, 0.5) is 4.39 Å². The van der Waals surface area contributed by atoms with Crippen LogP contribution in [0.1, 0.15) is 0 Å². The lowest BCUT2D eigenvalue weighted by Gasteiger charge is -2.18. The summed E-state index contributed by atoms with van der Waals surface area (Å²) in [6.07, 6.45) is 5.56. The minimum Gasteiger partial charge on any atom is -0.315 e. The SMILES string of the molecule is CB1CNC2C1=CC=CC2F. The maximum Gasteiger partial charge on any atom is 0.184 e. The van der Waals surface area contributed by atoms with Gasteiger partial charge in [0.1, 0.15) is 6.17 Å². The molecule has 1 aliphatic heterocycles. The molecule has 0 spiro atoms. The highest BCUT2D eigenvalue weighted by molar-refractivity contribution is 6.67. The predicted molar refractivity (Wildman–Crippen MR) is 45.5 cm³/mol. The van der Waals surface area contributed by atoms with Gasteiger partial charge in [-0.25, -0.2) is 4.39 Å². The summed E-state index contributed by atoms with van der Waals surface area (Å²) in [6, 6.07) is -0.0324. The molecule has 0 bridgehead atoms. The Kier molecular flexibility index (Phi) is 1.60. The largest absolute Gasteiger partial charge is 0.315 e. The Balaban J connectivity index is 2.27. The van der Waals surface area contributed by atoms with Crippen LogP contribution in [0.5, 0.6) is 0 Å². The second-order valence-electron chi connectivity index (χ2n) is 3.28. The third kappa shape index (κ3) is 1.04. The summed E-state index contributed by atoms with van der Waals surface area (Å²) in [4.78, 5) is 0. The van der Waals surface area contributed by atoms with Gasteiger partial charge < -0.3 is 5.32 Å². The molecule has 0 aromatic heterocycles. The highest BCUT2D eigenvalue weighted by atomic mass is 19.1. The first-order valence-corrected chi connectivity index (χ1v) is 4.05. The molecule has 2 atom stereocenters. The Labute approximate surface area is 66.4 Å². The molecule has 1 saturated heterocycles. The Bertz CT molecular complexity index is 224. The molecule has 1 fully saturated rings. The number of nitrogens with one attached hydrogen (secondary N) is 1. The Morgan fingerprint density at radius 1 is 1.73 bits per heavy atom. The Morgan fingerprint density at radius 3 is 3.27 bits per heavy atom. The van der Waals surface area contributed by atoms with Crippen molar-refractivity contribution in [2.45, 2.75) is 19.0 Å². The molecule has 0 radical (unpaired) electrons. The van der Waals surface area contributed by atoms with Crippen molar-refractivity contribution in [2.24, 2.45) is 0 Å². The van der Waals surface area contributed by atoms with Crippen LogP contribution in [-0.2, 0) is 0 Å². The van der Waals surface area contributed by atoms with E-state index in [1.165, 1.54) is 5.47 Å². The summed E-state index contributed by atoms with van der Waals surface area (Å²) in [6.45, 7) is 2.63. The van der Waals surface area contributed by atoms with Gasteiger partial charge in [0, 0.05) is 0 Å². The van der Waals surface area contributed by atoms with Crippen molar-refractivity contribution >= 4 is 6.71 Å². The minimum absolute atomic E-state index is 0.0324. The molecule has 0 saturated carbocycles. The first-order chi connectivity index (χ1) is 5.29. The van der Waals surface area contributed by atoms with Gasteiger partial charge in [0.15, 0.2) is 6.71 Å². The summed E-state index contributed by atoms with van der Waals surface area (Å²) in [5.41, 5.74) is 1.22. The topological polar surface area (TPSA) is 12.0 Å². The van der Waals surface area contributed by atoms with Gasteiger partial charge in [0.25, 0.3) is 0 Å². The molecule has 2 unspecified atom stereocenters. The molecule has 1 heterocycles. The van der Waals surface area contributed by atoms with Gasteiger partial charge in [-0.3, -0.25) is 0 Å². The van der Waals surface area contributed by atoms with Crippen LogP contribution in [0.3, 0.4) is 0 Å². The maximum atomic E-state index is 13.1. The van der Waals surface area contributed by atoms with E-state index in [0.717, 1.165) is 6.44 Å². The summed E-state index contributed by atoms with van der Waals surface area (Å²) in [7, 11) is 0. The van der Waals surface area contributed by atoms with Crippen molar-refractivity contribution < 1.29 is 4.39 Å². The maximum absolute atomic E-state index is 13.1. The zero-order valence-electron chi connectivity index (χ0n) is 6.55. The molecule has 58 valence electrons. The highest BCUT2D eigenvalue weighted by Crippen LogP contribution is 2.22. The van der Waals surface area contributed by atoms with Crippen molar-refractivity contribution in [3.05, 3.63) is 23.7 Å². The molecule has 2 rings (SSSR count). The smallest absolute Gasteiger partial charge is 0.184 e. The van der Waals surface area contributed by atoms with Crippen LogP contribution in [-0.4, -0.2) is 25.4 Å². The van der Waals surface area contributed by atoms with Crippen LogP contribution in [0.15, 0.2) is 23.7 Å². The van der Waals surface area contributed by atoms with Gasteiger partial charge >= 0.3 is 0 Å². The van der Waals surface area contributed by atoms with E-state index >= 15 is 0 Å². The van der Waals surface area contributed by atoms with Gasteiger partial charge in [-0.05, 0) is 12.5 Å². The lowest BCUT2D eigenvalue weighted by molar-refractivity contribution is 0.343. The number of hydrogen-bond donors (Lipinski definition) is 1. The van der Waals surface area contributed by atoms with Crippen molar-refractivity contribution in [1.82, 2.24) is 5.32 Å². The minimum atomic E-state index is -0.819. The number of allylic oxidation sites excluding steroid dienone is 2. The van der Waals surface area contributed by atoms with Crippen molar-refractivity contribution in [1.29, 1.82) is 0 Å². The van der Waals surface area contributed by atoms with Gasteiger partial charge in [-0.15, -0.1) is 0 Å². The van der Waals surface area contributed by atoms with E-state index in [4.69, 9.17) is 0 Å². The summed E-state index contributed by atoms with van der Waals surface area (Å²) >= 11 is 0. The predicted octanol–water partition coefficient (Wildman–Crippen LogP) is 0.996. The second-order valence-corrected chi connectivity index (χ2v) is 3.28. The van der Waals surface area contributed by atoms with Gasteiger partial charge in [-0.1, -0.05) is 24.4 Å². The molecule has 0 aromatic rings. The first kappa shape index (κ1) is 7.10. The molecular formula is C8H11BFN. The van der Waals surface area contributed by atoms with Crippen LogP contribution < -0.4 is 5.32 Å². The number of halogens is 1. The van der Waals surface area contributed by atoms with E-state index < -0.39 is 6.17 Å². The normalized spacial score (nSPS) is 35.5. The molecule has 0 amide bonds. The average Bonchev–Trinajstić information content (AvgIpc) is 2.35. The summed E-state index contributed by atoms with van der Waals surface area (Å²) in [5.74, 6) is 0. The lowest BCUT2D eigenvalue weighted by Crippen LogP contribution is -2.32. The number of rotatable bonds is 0. The van der Waals surface area contributed by atoms with E-state index in [0.29, 0.717) is 6.71 Å². The fraction of sp³-hybridized carbons (Fsp3) is 0.500. The third-order valence-corrected chi connectivity index (χ3v) is 2.47. The highest BCUT2D eigenvalue weighted by Gasteiger charge is 2.34. The Hall–Kier alpha value is -0.565. The lowest BCUT2D eigenvalue weighted by atomic mass is 9.47. The van der Waals surface area contributed by atoms with Crippen LogP contribution in [0, 0.1) is 0 Å². The van der Waals surface area contributed by atoms with Gasteiger partial charge in [0.05, 0.1) is 6.04 Å². The van der Waals surface area contributed by atoms with Crippen LogP contribution in [0.2, 0.25) is 6.82 Å². The molecule has 11 heavy (non-hydrogen) atoms. The monoisotopic (exact) mass is 151 g/mol. The summed E-state index contributed by atoms with van der Waals surface area (Å²) < 4.78 is 13.1. The molecule has 2 aliphatic rings. The van der Waals surface area contributed by atoms with Gasteiger partial charge in [-0.2, -0.15) is 0 Å². The fourth-order valence-corrected chi connectivity index (χ4v) is 1.79. The second kappa shape index (κ2) is 2.49. The quantitative estimate of drug-likeness (QED) is 0.509. The van der Waals surface area contributed by atoms with Crippen molar-refractivity contribution in [3.63, 3.8) is 0 Å². The standard InChI is InChI=1S/C8H11BFN/c1-9-5-11-8-6(9)3-2-4-7(8)10/h2-4,7-8,11H,5H2,1H3. The molecule has 1 aliphatic carbocycles. The van der Waals surface area contributed by atoms with Crippen molar-refractivity contribution in [2.75, 3.05) is 6.44 Å². The molecule has 1 nitrogen and oxygen atoms in total. The van der Waals surface area contributed by atoms with Crippen molar-refractivity contribution in [3.8, 4) is 0 Å².